The number of carbonyl (C=O) groups excluding carboxylic acids is 1. The minimum Gasteiger partial charge on any atom is -0.310 e. The number of anilines is 1. The van der Waals surface area contributed by atoms with Gasteiger partial charge in [-0.3, -0.25) is 4.79 Å². The van der Waals surface area contributed by atoms with Crippen LogP contribution in [0.3, 0.4) is 0 Å². The van der Waals surface area contributed by atoms with Crippen LogP contribution in [-0.2, 0) is 4.79 Å². The van der Waals surface area contributed by atoms with E-state index in [-0.39, 0.29) is 11.8 Å². The number of amides is 1. The van der Waals surface area contributed by atoms with Crippen molar-refractivity contribution in [2.45, 2.75) is 19.3 Å². The van der Waals surface area contributed by atoms with Crippen LogP contribution < -0.4 is 5.32 Å². The molecule has 1 N–H and O–H groups in total. The molecular formula is C16H15BrN2O. The molecular weight excluding hydrogens is 316 g/mol. The van der Waals surface area contributed by atoms with Crippen LogP contribution in [0.25, 0.3) is 0 Å². The fourth-order valence-corrected chi connectivity index (χ4v) is 2.88. The van der Waals surface area contributed by atoms with Gasteiger partial charge in [-0.2, -0.15) is 0 Å². The first-order valence-corrected chi connectivity index (χ1v) is 7.42. The van der Waals surface area contributed by atoms with Gasteiger partial charge in [0.05, 0.1) is 0 Å². The number of aryl methyl sites for hydroxylation is 1. The first-order valence-electron chi connectivity index (χ1n) is 6.63. The van der Waals surface area contributed by atoms with Crippen LogP contribution in [0.5, 0.6) is 0 Å². The Morgan fingerprint density at radius 3 is 2.80 bits per heavy atom. The number of halogens is 1. The Morgan fingerprint density at radius 1 is 1.35 bits per heavy atom. The zero-order chi connectivity index (χ0) is 14.1. The molecule has 3 nitrogen and oxygen atoms in total. The highest BCUT2D eigenvalue weighted by Gasteiger charge is 2.43. The van der Waals surface area contributed by atoms with Gasteiger partial charge < -0.3 is 5.32 Å². The summed E-state index contributed by atoms with van der Waals surface area (Å²) in [5.74, 6) is 1.14. The van der Waals surface area contributed by atoms with Gasteiger partial charge in [0.25, 0.3) is 0 Å². The van der Waals surface area contributed by atoms with Gasteiger partial charge in [0.15, 0.2) is 0 Å². The molecule has 1 amide bonds. The molecule has 2 unspecified atom stereocenters. The molecule has 0 radical (unpaired) electrons. The van der Waals surface area contributed by atoms with Crippen molar-refractivity contribution in [3.63, 3.8) is 0 Å². The van der Waals surface area contributed by atoms with Gasteiger partial charge in [0.1, 0.15) is 5.82 Å². The second-order valence-corrected chi connectivity index (χ2v) is 6.08. The SMILES string of the molecule is Cc1cc(Br)cnc1NC(=O)C1CC1c1ccccc1. The van der Waals surface area contributed by atoms with Crippen molar-refractivity contribution in [3.05, 3.63) is 58.2 Å². The van der Waals surface area contributed by atoms with E-state index in [1.165, 1.54) is 5.56 Å². The van der Waals surface area contributed by atoms with E-state index in [1.807, 2.05) is 31.2 Å². The summed E-state index contributed by atoms with van der Waals surface area (Å²) in [5.41, 5.74) is 2.21. The first kappa shape index (κ1) is 13.3. The van der Waals surface area contributed by atoms with Crippen LogP contribution in [-0.4, -0.2) is 10.9 Å². The van der Waals surface area contributed by atoms with E-state index in [4.69, 9.17) is 0 Å². The monoisotopic (exact) mass is 330 g/mol. The highest BCUT2D eigenvalue weighted by molar-refractivity contribution is 9.10. The van der Waals surface area contributed by atoms with Crippen LogP contribution in [0.4, 0.5) is 5.82 Å². The van der Waals surface area contributed by atoms with Gasteiger partial charge in [-0.05, 0) is 52.4 Å². The summed E-state index contributed by atoms with van der Waals surface area (Å²) in [6.45, 7) is 1.94. The molecule has 1 aromatic heterocycles. The molecule has 0 bridgehead atoms. The Kier molecular flexibility index (Phi) is 3.57. The van der Waals surface area contributed by atoms with Gasteiger partial charge in [0.2, 0.25) is 5.91 Å². The molecule has 2 aromatic rings. The maximum atomic E-state index is 12.2. The number of hydrogen-bond acceptors (Lipinski definition) is 2. The lowest BCUT2D eigenvalue weighted by molar-refractivity contribution is -0.117. The number of carbonyl (C=O) groups is 1. The summed E-state index contributed by atoms with van der Waals surface area (Å²) >= 11 is 3.37. The predicted molar refractivity (Wildman–Crippen MR) is 82.6 cm³/mol. The molecule has 0 aliphatic heterocycles. The maximum Gasteiger partial charge on any atom is 0.229 e. The standard InChI is InChI=1S/C16H15BrN2O/c1-10-7-12(17)9-18-15(10)19-16(20)14-8-13(14)11-5-3-2-4-6-11/h2-7,9,13-14H,8H2,1H3,(H,18,19,20). The van der Waals surface area contributed by atoms with Gasteiger partial charge in [-0.1, -0.05) is 30.3 Å². The molecule has 102 valence electrons. The van der Waals surface area contributed by atoms with E-state index in [9.17, 15) is 4.79 Å². The highest BCUT2D eigenvalue weighted by atomic mass is 79.9. The molecule has 1 aliphatic rings. The van der Waals surface area contributed by atoms with Crippen molar-refractivity contribution in [1.29, 1.82) is 0 Å². The maximum absolute atomic E-state index is 12.2. The second kappa shape index (κ2) is 5.37. The van der Waals surface area contributed by atoms with Crippen LogP contribution in [0.15, 0.2) is 47.1 Å². The average molecular weight is 331 g/mol. The Bertz CT molecular complexity index is 642. The first-order chi connectivity index (χ1) is 9.65. The van der Waals surface area contributed by atoms with E-state index < -0.39 is 0 Å². The average Bonchev–Trinajstić information content (AvgIpc) is 3.23. The molecule has 1 aromatic carbocycles. The lowest BCUT2D eigenvalue weighted by Crippen LogP contribution is -2.16. The van der Waals surface area contributed by atoms with Crippen molar-refractivity contribution in [2.24, 2.45) is 5.92 Å². The van der Waals surface area contributed by atoms with Crippen molar-refractivity contribution in [1.82, 2.24) is 4.98 Å². The Morgan fingerprint density at radius 2 is 2.10 bits per heavy atom. The molecule has 1 saturated carbocycles. The quantitative estimate of drug-likeness (QED) is 0.927. The highest BCUT2D eigenvalue weighted by Crippen LogP contribution is 2.47. The van der Waals surface area contributed by atoms with Crippen LogP contribution in [0.1, 0.15) is 23.5 Å². The van der Waals surface area contributed by atoms with Gasteiger partial charge in [-0.15, -0.1) is 0 Å². The van der Waals surface area contributed by atoms with E-state index in [0.29, 0.717) is 11.7 Å². The van der Waals surface area contributed by atoms with Crippen LogP contribution >= 0.6 is 15.9 Å². The zero-order valence-electron chi connectivity index (χ0n) is 11.1. The van der Waals surface area contributed by atoms with Crippen molar-refractivity contribution in [2.75, 3.05) is 5.32 Å². The van der Waals surface area contributed by atoms with E-state index in [2.05, 4.69) is 38.4 Å². The largest absolute Gasteiger partial charge is 0.310 e. The number of aromatic nitrogens is 1. The van der Waals surface area contributed by atoms with Crippen molar-refractivity contribution >= 4 is 27.7 Å². The second-order valence-electron chi connectivity index (χ2n) is 5.17. The van der Waals surface area contributed by atoms with E-state index in [0.717, 1.165) is 16.5 Å². The number of hydrogen-bond donors (Lipinski definition) is 1. The molecule has 2 atom stereocenters. The van der Waals surface area contributed by atoms with Gasteiger partial charge in [-0.25, -0.2) is 4.98 Å². The van der Waals surface area contributed by atoms with E-state index in [1.54, 1.807) is 6.20 Å². The van der Waals surface area contributed by atoms with Crippen molar-refractivity contribution < 1.29 is 4.79 Å². The van der Waals surface area contributed by atoms with Crippen LogP contribution in [0.2, 0.25) is 0 Å². The Labute approximate surface area is 126 Å². The third kappa shape index (κ3) is 2.75. The topological polar surface area (TPSA) is 42.0 Å². The molecule has 1 fully saturated rings. The molecule has 3 rings (SSSR count). The predicted octanol–water partition coefficient (Wildman–Crippen LogP) is 3.89. The summed E-state index contributed by atoms with van der Waals surface area (Å²) in [5, 5.41) is 2.93. The summed E-state index contributed by atoms with van der Waals surface area (Å²) in [6, 6.07) is 12.1. The summed E-state index contributed by atoms with van der Waals surface area (Å²) < 4.78 is 0.918. The third-order valence-electron chi connectivity index (χ3n) is 3.64. The van der Waals surface area contributed by atoms with Gasteiger partial charge >= 0.3 is 0 Å². The Balaban J connectivity index is 1.67. The minimum atomic E-state index is 0.0665. The van der Waals surface area contributed by atoms with E-state index >= 15 is 0 Å². The molecule has 0 spiro atoms. The fraction of sp³-hybridized carbons (Fsp3) is 0.250. The van der Waals surface area contributed by atoms with Gasteiger partial charge in [0, 0.05) is 16.6 Å². The lowest BCUT2D eigenvalue weighted by Gasteiger charge is -2.07. The number of rotatable bonds is 3. The van der Waals surface area contributed by atoms with Crippen LogP contribution in [0, 0.1) is 12.8 Å². The van der Waals surface area contributed by atoms with Crippen molar-refractivity contribution in [3.8, 4) is 0 Å². The smallest absolute Gasteiger partial charge is 0.229 e. The number of pyridine rings is 1. The molecule has 0 saturated heterocycles. The summed E-state index contributed by atoms with van der Waals surface area (Å²) in [6.07, 6.45) is 2.62. The summed E-state index contributed by atoms with van der Waals surface area (Å²) in [7, 11) is 0. The molecule has 20 heavy (non-hydrogen) atoms. The number of nitrogens with zero attached hydrogens (tertiary/aromatic N) is 1. The minimum absolute atomic E-state index is 0.0665. The number of nitrogens with one attached hydrogen (secondary N) is 1. The molecule has 1 aliphatic carbocycles. The molecule has 1 heterocycles. The molecule has 4 heteroatoms. The normalized spacial score (nSPS) is 20.5. The zero-order valence-corrected chi connectivity index (χ0v) is 12.7. The Hall–Kier alpha value is -1.68. The third-order valence-corrected chi connectivity index (χ3v) is 4.08. The lowest BCUT2D eigenvalue weighted by atomic mass is 10.1. The fourth-order valence-electron chi connectivity index (χ4n) is 2.43. The summed E-state index contributed by atoms with van der Waals surface area (Å²) in [4.78, 5) is 16.5. The number of benzene rings is 1.